The molecule has 1 saturated heterocycles. The van der Waals surface area contributed by atoms with Crippen molar-refractivity contribution in [3.8, 4) is 11.3 Å². The number of carbonyl (C=O) groups is 1. The topological polar surface area (TPSA) is 51.7 Å². The molecular formula is C25H27ClN2O3. The van der Waals surface area contributed by atoms with E-state index in [2.05, 4.69) is 31.2 Å². The molecule has 6 heteroatoms. The molecule has 1 fully saturated rings. The molecule has 0 N–H and O–H groups in total. The smallest absolute Gasteiger partial charge is 0.252 e. The minimum absolute atomic E-state index is 0.0148. The van der Waals surface area contributed by atoms with E-state index in [1.54, 1.807) is 7.11 Å². The molecule has 2 heterocycles. The van der Waals surface area contributed by atoms with Gasteiger partial charge in [0.25, 0.3) is 5.91 Å². The average molecular weight is 439 g/mol. The van der Waals surface area contributed by atoms with Crippen LogP contribution in [0.1, 0.15) is 24.0 Å². The first-order chi connectivity index (χ1) is 15.0. The Morgan fingerprint density at radius 3 is 2.87 bits per heavy atom. The highest BCUT2D eigenvalue weighted by Gasteiger charge is 2.29. The number of halogens is 1. The van der Waals surface area contributed by atoms with Gasteiger partial charge in [-0.2, -0.15) is 0 Å². The number of methoxy groups -OCH3 is 1. The molecule has 0 radical (unpaired) electrons. The van der Waals surface area contributed by atoms with Crippen molar-refractivity contribution < 1.29 is 14.3 Å². The van der Waals surface area contributed by atoms with E-state index in [1.165, 1.54) is 0 Å². The van der Waals surface area contributed by atoms with E-state index in [0.29, 0.717) is 31.3 Å². The van der Waals surface area contributed by atoms with E-state index in [1.807, 2.05) is 29.2 Å². The van der Waals surface area contributed by atoms with Gasteiger partial charge < -0.3 is 14.4 Å². The Labute approximate surface area is 187 Å². The predicted molar refractivity (Wildman–Crippen MR) is 123 cm³/mol. The molecule has 1 aliphatic heterocycles. The van der Waals surface area contributed by atoms with E-state index < -0.39 is 0 Å². The highest BCUT2D eigenvalue weighted by atomic mass is 35.5. The number of nitrogens with zero attached hydrogens (tertiary/aromatic N) is 2. The van der Waals surface area contributed by atoms with Crippen molar-refractivity contribution in [3.05, 3.63) is 64.7 Å². The summed E-state index contributed by atoms with van der Waals surface area (Å²) in [5.74, 6) is 0.0148. The molecule has 0 spiro atoms. The van der Waals surface area contributed by atoms with Crippen LogP contribution in [0.15, 0.2) is 48.5 Å². The lowest BCUT2D eigenvalue weighted by molar-refractivity contribution is -0.142. The number of fused-ring (bicyclic) bond motifs is 1. The number of carbonyl (C=O) groups excluding carboxylic acids is 1. The number of hydrogen-bond donors (Lipinski definition) is 0. The summed E-state index contributed by atoms with van der Waals surface area (Å²) in [6.07, 6.45) is 1.31. The first kappa shape index (κ1) is 21.8. The van der Waals surface area contributed by atoms with Crippen LogP contribution in [0.5, 0.6) is 0 Å². The molecule has 4 rings (SSSR count). The number of rotatable bonds is 7. The maximum Gasteiger partial charge on any atom is 0.252 e. The largest absolute Gasteiger partial charge is 0.383 e. The van der Waals surface area contributed by atoms with Gasteiger partial charge in [-0.05, 0) is 49.6 Å². The van der Waals surface area contributed by atoms with Crippen molar-refractivity contribution >= 4 is 28.4 Å². The monoisotopic (exact) mass is 438 g/mol. The second-order valence-electron chi connectivity index (χ2n) is 7.96. The van der Waals surface area contributed by atoms with Gasteiger partial charge in [-0.15, -0.1) is 0 Å². The van der Waals surface area contributed by atoms with E-state index in [4.69, 9.17) is 26.1 Å². The van der Waals surface area contributed by atoms with Gasteiger partial charge in [-0.3, -0.25) is 4.79 Å². The fourth-order valence-corrected chi connectivity index (χ4v) is 4.16. The fourth-order valence-electron chi connectivity index (χ4n) is 4.00. The molecule has 1 atom stereocenters. The summed E-state index contributed by atoms with van der Waals surface area (Å²) in [5, 5.41) is 1.64. The highest BCUT2D eigenvalue weighted by Crippen LogP contribution is 2.29. The van der Waals surface area contributed by atoms with Gasteiger partial charge in [0.15, 0.2) is 0 Å². The van der Waals surface area contributed by atoms with Gasteiger partial charge in [0.1, 0.15) is 6.10 Å². The molecule has 1 unspecified atom stereocenters. The Morgan fingerprint density at radius 1 is 1.26 bits per heavy atom. The number of amides is 1. The van der Waals surface area contributed by atoms with Crippen molar-refractivity contribution in [3.63, 3.8) is 0 Å². The molecule has 31 heavy (non-hydrogen) atoms. The number of pyridine rings is 1. The Kier molecular flexibility index (Phi) is 6.86. The van der Waals surface area contributed by atoms with Crippen LogP contribution < -0.4 is 0 Å². The third-order valence-corrected chi connectivity index (χ3v) is 5.83. The van der Waals surface area contributed by atoms with E-state index in [9.17, 15) is 4.79 Å². The fraction of sp³-hybridized carbons (Fsp3) is 0.360. The van der Waals surface area contributed by atoms with Crippen molar-refractivity contribution in [2.45, 2.75) is 32.4 Å². The molecule has 1 aliphatic rings. The molecule has 3 aromatic rings. The maximum absolute atomic E-state index is 13.2. The van der Waals surface area contributed by atoms with Crippen molar-refractivity contribution in [2.24, 2.45) is 0 Å². The van der Waals surface area contributed by atoms with Gasteiger partial charge in [0.2, 0.25) is 0 Å². The molecule has 2 aromatic carbocycles. The molecule has 5 nitrogen and oxygen atoms in total. The Balaban J connectivity index is 1.76. The predicted octanol–water partition coefficient (Wildman–Crippen LogP) is 5.02. The molecule has 1 amide bonds. The van der Waals surface area contributed by atoms with Crippen molar-refractivity contribution in [2.75, 3.05) is 26.9 Å². The summed E-state index contributed by atoms with van der Waals surface area (Å²) in [4.78, 5) is 20.0. The zero-order valence-electron chi connectivity index (χ0n) is 17.9. The number of aryl methyl sites for hydroxylation is 1. The van der Waals surface area contributed by atoms with Crippen LogP contribution in [0, 0.1) is 6.92 Å². The van der Waals surface area contributed by atoms with Crippen LogP contribution in [0.2, 0.25) is 5.02 Å². The lowest BCUT2D eigenvalue weighted by Crippen LogP contribution is -2.40. The standard InChI is InChI=1S/C25H27ClN2O3/c1-17-5-3-6-19(13-17)24-20(14-18-8-9-21(26)15-22(18)27-24)16-28(10-12-30-2)25(29)23-7-4-11-31-23/h3,5-6,8-9,13-15,23H,4,7,10-12,16H2,1-2H3. The molecule has 1 aromatic heterocycles. The summed E-state index contributed by atoms with van der Waals surface area (Å²) < 4.78 is 10.9. The summed E-state index contributed by atoms with van der Waals surface area (Å²) >= 11 is 6.22. The Bertz CT molecular complexity index is 1080. The third kappa shape index (κ3) is 5.06. The number of benzene rings is 2. The van der Waals surface area contributed by atoms with Crippen LogP contribution in [-0.4, -0.2) is 48.8 Å². The third-order valence-electron chi connectivity index (χ3n) is 5.59. The summed E-state index contributed by atoms with van der Waals surface area (Å²) in [7, 11) is 1.65. The van der Waals surface area contributed by atoms with E-state index in [-0.39, 0.29) is 12.0 Å². The van der Waals surface area contributed by atoms with Crippen molar-refractivity contribution in [1.82, 2.24) is 9.88 Å². The molecule has 0 bridgehead atoms. The average Bonchev–Trinajstić information content (AvgIpc) is 3.30. The molecule has 0 aliphatic carbocycles. The minimum atomic E-state index is -0.369. The lowest BCUT2D eigenvalue weighted by Gasteiger charge is -2.26. The SMILES string of the molecule is COCCN(Cc1cc2ccc(Cl)cc2nc1-c1cccc(C)c1)C(=O)C1CCCO1. The summed E-state index contributed by atoms with van der Waals surface area (Å²) in [5.41, 5.74) is 4.86. The quantitative estimate of drug-likeness (QED) is 0.519. The normalized spacial score (nSPS) is 16.0. The van der Waals surface area contributed by atoms with Crippen LogP contribution in [-0.2, 0) is 20.8 Å². The number of hydrogen-bond acceptors (Lipinski definition) is 4. The molecule has 162 valence electrons. The van der Waals surface area contributed by atoms with Crippen LogP contribution >= 0.6 is 11.6 Å². The minimum Gasteiger partial charge on any atom is -0.383 e. The van der Waals surface area contributed by atoms with Gasteiger partial charge in [-0.1, -0.05) is 41.4 Å². The van der Waals surface area contributed by atoms with E-state index >= 15 is 0 Å². The number of aromatic nitrogens is 1. The second kappa shape index (κ2) is 9.77. The number of ether oxygens (including phenoxy) is 2. The first-order valence-corrected chi connectivity index (χ1v) is 11.0. The zero-order valence-corrected chi connectivity index (χ0v) is 18.7. The Morgan fingerprint density at radius 2 is 2.13 bits per heavy atom. The highest BCUT2D eigenvalue weighted by molar-refractivity contribution is 6.31. The van der Waals surface area contributed by atoms with Crippen LogP contribution in [0.25, 0.3) is 22.2 Å². The van der Waals surface area contributed by atoms with Gasteiger partial charge in [0, 0.05) is 42.8 Å². The van der Waals surface area contributed by atoms with E-state index in [0.717, 1.165) is 46.1 Å². The first-order valence-electron chi connectivity index (χ1n) is 10.6. The van der Waals surface area contributed by atoms with Gasteiger partial charge in [-0.25, -0.2) is 4.98 Å². The van der Waals surface area contributed by atoms with Crippen molar-refractivity contribution in [1.29, 1.82) is 0 Å². The second-order valence-corrected chi connectivity index (χ2v) is 8.39. The maximum atomic E-state index is 13.2. The Hall–Kier alpha value is -2.47. The van der Waals surface area contributed by atoms with Crippen LogP contribution in [0.3, 0.4) is 0 Å². The van der Waals surface area contributed by atoms with Gasteiger partial charge in [0.05, 0.1) is 17.8 Å². The summed E-state index contributed by atoms with van der Waals surface area (Å²) in [6, 6.07) is 16.1. The molecular weight excluding hydrogens is 412 g/mol. The van der Waals surface area contributed by atoms with Crippen LogP contribution in [0.4, 0.5) is 0 Å². The molecule has 0 saturated carbocycles. The summed E-state index contributed by atoms with van der Waals surface area (Å²) in [6.45, 7) is 4.11. The zero-order chi connectivity index (χ0) is 21.8. The lowest BCUT2D eigenvalue weighted by atomic mass is 10.0. The van der Waals surface area contributed by atoms with Gasteiger partial charge >= 0.3 is 0 Å².